The van der Waals surface area contributed by atoms with Gasteiger partial charge in [-0.1, -0.05) is 24.3 Å². The summed E-state index contributed by atoms with van der Waals surface area (Å²) in [5.74, 6) is 0.500. The minimum absolute atomic E-state index is 0.237. The molecule has 9 heteroatoms. The average molecular weight is 497 g/mol. The number of halogens is 3. The Bertz CT molecular complexity index is 1360. The number of nitrogens with zero attached hydrogens (tertiary/aromatic N) is 3. The van der Waals surface area contributed by atoms with E-state index in [0.717, 1.165) is 46.8 Å². The molecule has 1 N–H and O–H groups in total. The van der Waals surface area contributed by atoms with Gasteiger partial charge in [0.15, 0.2) is 5.65 Å². The van der Waals surface area contributed by atoms with Gasteiger partial charge in [0.1, 0.15) is 11.3 Å². The molecule has 180 valence electrons. The summed E-state index contributed by atoms with van der Waals surface area (Å²) in [6, 6.07) is 15.2. The zero-order chi connectivity index (χ0) is 24.6. The number of carbonyl (C=O) groups excluding carboxylic acids is 1. The number of imidazole rings is 1. The van der Waals surface area contributed by atoms with Gasteiger partial charge in [-0.15, -0.1) is 11.8 Å². The average Bonchev–Trinajstić information content (AvgIpc) is 3.63. The number of amides is 1. The smallest absolute Gasteiger partial charge is 0.348 e. The Labute approximate surface area is 204 Å². The van der Waals surface area contributed by atoms with Crippen molar-refractivity contribution in [2.75, 3.05) is 6.26 Å². The molecule has 0 unspecified atom stereocenters. The fraction of sp³-hybridized carbons (Fsp3) is 0.269. The largest absolute Gasteiger partial charge is 0.416 e. The van der Waals surface area contributed by atoms with Gasteiger partial charge in [0.25, 0.3) is 5.91 Å². The summed E-state index contributed by atoms with van der Waals surface area (Å²) >= 11 is 1.66. The highest BCUT2D eigenvalue weighted by Crippen LogP contribution is 2.39. The van der Waals surface area contributed by atoms with Crippen molar-refractivity contribution in [2.45, 2.75) is 42.9 Å². The number of fused-ring (bicyclic) bond motifs is 1. The fourth-order valence-electron chi connectivity index (χ4n) is 4.02. The standard InChI is InChI=1S/C26H23F3N4OS/c1-35-21-10-4-17(5-11-21)14-31-25(34)18-13-22-24(30-15-18)33(20-8-9-20)23(32-22)12-16-2-6-19(7-3-16)26(27,28)29/h2-7,10-11,13,15,20H,8-9,12,14H2,1H3,(H,31,34). The molecule has 1 amide bonds. The highest BCUT2D eigenvalue weighted by molar-refractivity contribution is 7.98. The topological polar surface area (TPSA) is 59.8 Å². The van der Waals surface area contributed by atoms with Gasteiger partial charge in [-0.05, 0) is 60.6 Å². The lowest BCUT2D eigenvalue weighted by atomic mass is 10.1. The molecular formula is C26H23F3N4OS. The van der Waals surface area contributed by atoms with E-state index < -0.39 is 11.7 Å². The molecule has 5 rings (SSSR count). The Morgan fingerprint density at radius 2 is 1.77 bits per heavy atom. The molecule has 2 heterocycles. The lowest BCUT2D eigenvalue weighted by Gasteiger charge is -2.09. The molecule has 0 saturated heterocycles. The molecule has 0 aliphatic heterocycles. The van der Waals surface area contributed by atoms with E-state index in [4.69, 9.17) is 4.98 Å². The summed E-state index contributed by atoms with van der Waals surface area (Å²) in [5.41, 5.74) is 2.78. The third-order valence-corrected chi connectivity index (χ3v) is 6.78. The summed E-state index contributed by atoms with van der Waals surface area (Å²) in [6.07, 6.45) is 1.60. The minimum atomic E-state index is -4.36. The first kappa shape index (κ1) is 23.4. The molecule has 0 bridgehead atoms. The van der Waals surface area contributed by atoms with E-state index in [9.17, 15) is 18.0 Å². The predicted molar refractivity (Wildman–Crippen MR) is 129 cm³/mol. The summed E-state index contributed by atoms with van der Waals surface area (Å²) in [6.45, 7) is 0.404. The lowest BCUT2D eigenvalue weighted by molar-refractivity contribution is -0.137. The maximum Gasteiger partial charge on any atom is 0.416 e. The number of aromatic nitrogens is 3. The van der Waals surface area contributed by atoms with Crippen LogP contribution in [0.4, 0.5) is 13.2 Å². The van der Waals surface area contributed by atoms with Crippen molar-refractivity contribution >= 4 is 28.8 Å². The molecule has 0 spiro atoms. The van der Waals surface area contributed by atoms with Crippen molar-refractivity contribution in [2.24, 2.45) is 0 Å². The van der Waals surface area contributed by atoms with Crippen molar-refractivity contribution in [1.29, 1.82) is 0 Å². The molecule has 35 heavy (non-hydrogen) atoms. The SMILES string of the molecule is CSc1ccc(CNC(=O)c2cnc3c(c2)nc(Cc2ccc(C(F)(F)F)cc2)n3C2CC2)cc1. The van der Waals surface area contributed by atoms with Crippen LogP contribution in [0.15, 0.2) is 65.7 Å². The molecule has 1 saturated carbocycles. The Hall–Kier alpha value is -3.33. The number of nitrogens with one attached hydrogen (secondary N) is 1. The molecule has 1 fully saturated rings. The van der Waals surface area contributed by atoms with E-state index in [1.54, 1.807) is 24.0 Å². The van der Waals surface area contributed by atoms with Gasteiger partial charge in [-0.3, -0.25) is 4.79 Å². The molecular weight excluding hydrogens is 473 g/mol. The van der Waals surface area contributed by atoms with Gasteiger partial charge < -0.3 is 9.88 Å². The van der Waals surface area contributed by atoms with Gasteiger partial charge in [-0.25, -0.2) is 9.97 Å². The number of carbonyl (C=O) groups is 1. The van der Waals surface area contributed by atoms with Crippen LogP contribution in [-0.4, -0.2) is 26.7 Å². The second-order valence-corrected chi connectivity index (χ2v) is 9.48. The lowest BCUT2D eigenvalue weighted by Crippen LogP contribution is -2.22. The zero-order valence-corrected chi connectivity index (χ0v) is 19.8. The Kier molecular flexibility index (Phi) is 6.27. The molecule has 0 atom stereocenters. The Balaban J connectivity index is 1.35. The molecule has 4 aromatic rings. The Morgan fingerprint density at radius 3 is 2.40 bits per heavy atom. The summed E-state index contributed by atoms with van der Waals surface area (Å²) < 4.78 is 40.7. The molecule has 2 aromatic carbocycles. The highest BCUT2D eigenvalue weighted by atomic mass is 32.2. The predicted octanol–water partition coefficient (Wildman–Crippen LogP) is 6.03. The maximum atomic E-state index is 12.9. The third-order valence-electron chi connectivity index (χ3n) is 6.03. The fourth-order valence-corrected chi connectivity index (χ4v) is 4.42. The Morgan fingerprint density at radius 1 is 1.09 bits per heavy atom. The normalized spacial score (nSPS) is 13.8. The van der Waals surface area contributed by atoms with Crippen LogP contribution in [-0.2, 0) is 19.1 Å². The molecule has 1 aliphatic rings. The number of thioether (sulfide) groups is 1. The van der Waals surface area contributed by atoms with Crippen LogP contribution in [0.5, 0.6) is 0 Å². The van der Waals surface area contributed by atoms with E-state index in [2.05, 4.69) is 14.9 Å². The van der Waals surface area contributed by atoms with E-state index in [1.807, 2.05) is 30.5 Å². The van der Waals surface area contributed by atoms with E-state index in [0.29, 0.717) is 29.7 Å². The number of hydrogen-bond acceptors (Lipinski definition) is 4. The van der Waals surface area contributed by atoms with Crippen LogP contribution in [0, 0.1) is 0 Å². The minimum Gasteiger partial charge on any atom is -0.348 e. The summed E-state index contributed by atoms with van der Waals surface area (Å²) in [7, 11) is 0. The number of alkyl halides is 3. The summed E-state index contributed by atoms with van der Waals surface area (Å²) in [5, 5.41) is 2.92. The number of benzene rings is 2. The second-order valence-electron chi connectivity index (χ2n) is 8.60. The first-order valence-electron chi connectivity index (χ1n) is 11.3. The maximum absolute atomic E-state index is 12.9. The van der Waals surface area contributed by atoms with Gasteiger partial charge in [0.2, 0.25) is 0 Å². The van der Waals surface area contributed by atoms with Crippen molar-refractivity contribution in [3.8, 4) is 0 Å². The molecule has 2 aromatic heterocycles. The van der Waals surface area contributed by atoms with Crippen molar-refractivity contribution < 1.29 is 18.0 Å². The van der Waals surface area contributed by atoms with Crippen LogP contribution in [0.3, 0.4) is 0 Å². The van der Waals surface area contributed by atoms with Gasteiger partial charge >= 0.3 is 6.18 Å². The quantitative estimate of drug-likeness (QED) is 0.318. The number of pyridine rings is 1. The molecule has 5 nitrogen and oxygen atoms in total. The number of rotatable bonds is 7. The van der Waals surface area contributed by atoms with E-state index in [1.165, 1.54) is 12.1 Å². The van der Waals surface area contributed by atoms with Gasteiger partial charge in [-0.2, -0.15) is 13.2 Å². The monoisotopic (exact) mass is 496 g/mol. The van der Waals surface area contributed by atoms with Crippen LogP contribution in [0.25, 0.3) is 11.2 Å². The van der Waals surface area contributed by atoms with Crippen LogP contribution < -0.4 is 5.32 Å². The van der Waals surface area contributed by atoms with Crippen LogP contribution in [0.1, 0.15) is 51.8 Å². The molecule has 1 aliphatic carbocycles. The van der Waals surface area contributed by atoms with E-state index >= 15 is 0 Å². The van der Waals surface area contributed by atoms with Crippen LogP contribution in [0.2, 0.25) is 0 Å². The highest BCUT2D eigenvalue weighted by Gasteiger charge is 2.31. The summed E-state index contributed by atoms with van der Waals surface area (Å²) in [4.78, 5) is 23.2. The zero-order valence-electron chi connectivity index (χ0n) is 19.0. The second kappa shape index (κ2) is 9.37. The van der Waals surface area contributed by atoms with Crippen molar-refractivity contribution in [3.05, 3.63) is 88.9 Å². The molecule has 0 radical (unpaired) electrons. The van der Waals surface area contributed by atoms with Gasteiger partial charge in [0.05, 0.1) is 11.1 Å². The van der Waals surface area contributed by atoms with Crippen molar-refractivity contribution in [3.63, 3.8) is 0 Å². The van der Waals surface area contributed by atoms with Gasteiger partial charge in [0, 0.05) is 30.1 Å². The van der Waals surface area contributed by atoms with E-state index in [-0.39, 0.29) is 11.9 Å². The first-order valence-corrected chi connectivity index (χ1v) is 12.5. The third kappa shape index (κ3) is 5.19. The van der Waals surface area contributed by atoms with Crippen LogP contribution >= 0.6 is 11.8 Å². The number of hydrogen-bond donors (Lipinski definition) is 1. The first-order chi connectivity index (χ1) is 16.8. The van der Waals surface area contributed by atoms with Crippen molar-refractivity contribution in [1.82, 2.24) is 19.9 Å².